The summed E-state index contributed by atoms with van der Waals surface area (Å²) in [6, 6.07) is 4.04. The summed E-state index contributed by atoms with van der Waals surface area (Å²) in [7, 11) is 6.75. The van der Waals surface area contributed by atoms with Crippen LogP contribution in [0, 0.1) is 13.8 Å². The molecule has 3 rings (SSSR count). The summed E-state index contributed by atoms with van der Waals surface area (Å²) >= 11 is 1.74. The SMILES string of the molecule is CN=C(NCc1nc(C)c(C)s1)N1CCN(Cc2cc(OC)c(OC)c(OC)c2)CC1.I. The Balaban J connectivity index is 0.00000363. The molecule has 1 fully saturated rings. The van der Waals surface area contributed by atoms with Crippen molar-refractivity contribution in [3.8, 4) is 17.2 Å². The van der Waals surface area contributed by atoms with Crippen LogP contribution < -0.4 is 19.5 Å². The number of methoxy groups -OCH3 is 3. The first-order chi connectivity index (χ1) is 15.0. The summed E-state index contributed by atoms with van der Waals surface area (Å²) in [5, 5.41) is 4.56. The fourth-order valence-corrected chi connectivity index (χ4v) is 4.58. The molecule has 2 aromatic rings. The van der Waals surface area contributed by atoms with E-state index in [4.69, 9.17) is 14.2 Å². The van der Waals surface area contributed by atoms with Crippen molar-refractivity contribution in [2.45, 2.75) is 26.9 Å². The molecule has 0 aliphatic carbocycles. The van der Waals surface area contributed by atoms with Gasteiger partial charge in [-0.25, -0.2) is 4.98 Å². The van der Waals surface area contributed by atoms with Gasteiger partial charge < -0.3 is 24.4 Å². The van der Waals surface area contributed by atoms with Crippen LogP contribution >= 0.6 is 35.3 Å². The smallest absolute Gasteiger partial charge is 0.203 e. The molecule has 0 amide bonds. The van der Waals surface area contributed by atoms with Gasteiger partial charge in [-0.2, -0.15) is 0 Å². The van der Waals surface area contributed by atoms with Crippen LogP contribution in [0.5, 0.6) is 17.2 Å². The Morgan fingerprint density at radius 3 is 2.16 bits per heavy atom. The van der Waals surface area contributed by atoms with Gasteiger partial charge in [-0.05, 0) is 31.5 Å². The van der Waals surface area contributed by atoms with Crippen LogP contribution in [0.4, 0.5) is 0 Å². The van der Waals surface area contributed by atoms with Crippen molar-refractivity contribution >= 4 is 41.3 Å². The minimum absolute atomic E-state index is 0. The molecule has 8 nitrogen and oxygen atoms in total. The number of benzene rings is 1. The molecule has 0 unspecified atom stereocenters. The second-order valence-electron chi connectivity index (χ2n) is 7.45. The van der Waals surface area contributed by atoms with Crippen molar-refractivity contribution in [1.29, 1.82) is 0 Å². The second-order valence-corrected chi connectivity index (χ2v) is 8.73. The van der Waals surface area contributed by atoms with Gasteiger partial charge in [0, 0.05) is 44.6 Å². The van der Waals surface area contributed by atoms with Crippen LogP contribution in [0.15, 0.2) is 17.1 Å². The molecular weight excluding hydrogens is 541 g/mol. The Labute approximate surface area is 212 Å². The standard InChI is InChI=1S/C22H33N5O3S.HI/c1-15-16(2)31-20(25-15)13-24-22(23-3)27-9-7-26(8-10-27)14-17-11-18(28-4)21(30-6)19(12-17)29-5;/h11-12H,7-10,13-14H2,1-6H3,(H,23,24);1H. The quantitative estimate of drug-likeness (QED) is 0.309. The third kappa shape index (κ3) is 6.38. The molecule has 2 heterocycles. The highest BCUT2D eigenvalue weighted by Gasteiger charge is 2.21. The minimum atomic E-state index is 0. The van der Waals surface area contributed by atoms with Gasteiger partial charge in [-0.1, -0.05) is 0 Å². The number of aryl methyl sites for hydroxylation is 2. The Morgan fingerprint density at radius 2 is 1.69 bits per heavy atom. The zero-order valence-corrected chi connectivity index (χ0v) is 22.9. The van der Waals surface area contributed by atoms with Crippen LogP contribution in [0.1, 0.15) is 21.1 Å². The largest absolute Gasteiger partial charge is 0.493 e. The van der Waals surface area contributed by atoms with Gasteiger partial charge in [-0.15, -0.1) is 35.3 Å². The van der Waals surface area contributed by atoms with Gasteiger partial charge in [0.1, 0.15) is 5.01 Å². The van der Waals surface area contributed by atoms with Gasteiger partial charge in [0.2, 0.25) is 5.75 Å². The lowest BCUT2D eigenvalue weighted by Crippen LogP contribution is -2.52. The molecule has 1 saturated heterocycles. The summed E-state index contributed by atoms with van der Waals surface area (Å²) < 4.78 is 16.4. The van der Waals surface area contributed by atoms with Gasteiger partial charge in [0.25, 0.3) is 0 Å². The first kappa shape index (κ1) is 26.5. The molecule has 1 N–H and O–H groups in total. The third-order valence-electron chi connectivity index (χ3n) is 5.48. The second kappa shape index (κ2) is 12.4. The topological polar surface area (TPSA) is 71.5 Å². The summed E-state index contributed by atoms with van der Waals surface area (Å²) in [4.78, 5) is 15.1. The Hall–Kier alpha value is -1.79. The molecule has 0 saturated carbocycles. The number of hydrogen-bond acceptors (Lipinski definition) is 7. The van der Waals surface area contributed by atoms with Gasteiger partial charge in [0.15, 0.2) is 17.5 Å². The lowest BCUT2D eigenvalue weighted by Gasteiger charge is -2.36. The highest BCUT2D eigenvalue weighted by Crippen LogP contribution is 2.38. The zero-order chi connectivity index (χ0) is 22.4. The molecule has 1 aromatic heterocycles. The van der Waals surface area contributed by atoms with E-state index in [0.29, 0.717) is 23.8 Å². The molecule has 0 bridgehead atoms. The summed E-state index contributed by atoms with van der Waals surface area (Å²) in [6.07, 6.45) is 0. The third-order valence-corrected chi connectivity index (χ3v) is 6.56. The van der Waals surface area contributed by atoms with Gasteiger partial charge >= 0.3 is 0 Å². The number of piperazine rings is 1. The maximum Gasteiger partial charge on any atom is 0.203 e. The first-order valence-corrected chi connectivity index (χ1v) is 11.2. The monoisotopic (exact) mass is 575 g/mol. The molecular formula is C22H34IN5O3S. The predicted octanol–water partition coefficient (Wildman–Crippen LogP) is 3.30. The number of nitrogens with zero attached hydrogens (tertiary/aromatic N) is 4. The number of halogens is 1. The number of nitrogens with one attached hydrogen (secondary N) is 1. The maximum atomic E-state index is 5.48. The van der Waals surface area contributed by atoms with E-state index >= 15 is 0 Å². The Kier molecular flexibility index (Phi) is 10.3. The first-order valence-electron chi connectivity index (χ1n) is 10.4. The molecule has 178 valence electrons. The average molecular weight is 576 g/mol. The lowest BCUT2D eigenvalue weighted by atomic mass is 10.1. The maximum absolute atomic E-state index is 5.48. The number of rotatable bonds is 7. The minimum Gasteiger partial charge on any atom is -0.493 e. The number of aliphatic imine (C=N–C) groups is 1. The van der Waals surface area contributed by atoms with Crippen molar-refractivity contribution in [2.75, 3.05) is 54.6 Å². The van der Waals surface area contributed by atoms with E-state index in [-0.39, 0.29) is 24.0 Å². The van der Waals surface area contributed by atoms with Crippen LogP contribution in [0.2, 0.25) is 0 Å². The number of guanidine groups is 1. The molecule has 0 spiro atoms. The average Bonchev–Trinajstić information content (AvgIpc) is 3.11. The van der Waals surface area contributed by atoms with E-state index in [2.05, 4.69) is 38.9 Å². The Bertz CT molecular complexity index is 868. The van der Waals surface area contributed by atoms with Crippen molar-refractivity contribution in [3.05, 3.63) is 33.3 Å². The molecule has 1 aliphatic heterocycles. The molecule has 1 aliphatic rings. The fourth-order valence-electron chi connectivity index (χ4n) is 3.70. The van der Waals surface area contributed by atoms with E-state index in [1.165, 1.54) is 4.88 Å². The van der Waals surface area contributed by atoms with Crippen molar-refractivity contribution in [3.63, 3.8) is 0 Å². The van der Waals surface area contributed by atoms with Gasteiger partial charge in [-0.3, -0.25) is 9.89 Å². The van der Waals surface area contributed by atoms with Crippen molar-refractivity contribution in [2.24, 2.45) is 4.99 Å². The number of aromatic nitrogens is 1. The summed E-state index contributed by atoms with van der Waals surface area (Å²) in [5.74, 6) is 2.93. The number of hydrogen-bond donors (Lipinski definition) is 1. The van der Waals surface area contributed by atoms with Crippen LogP contribution in [0.25, 0.3) is 0 Å². The van der Waals surface area contributed by atoms with E-state index in [1.54, 1.807) is 32.7 Å². The molecule has 0 radical (unpaired) electrons. The fraction of sp³-hybridized carbons (Fsp3) is 0.545. The highest BCUT2D eigenvalue weighted by molar-refractivity contribution is 14.0. The van der Waals surface area contributed by atoms with Crippen LogP contribution in [-0.2, 0) is 13.1 Å². The highest BCUT2D eigenvalue weighted by atomic mass is 127. The van der Waals surface area contributed by atoms with E-state index < -0.39 is 0 Å². The van der Waals surface area contributed by atoms with E-state index in [0.717, 1.165) is 54.9 Å². The zero-order valence-electron chi connectivity index (χ0n) is 19.7. The van der Waals surface area contributed by atoms with Gasteiger partial charge in [0.05, 0.1) is 33.6 Å². The molecule has 0 atom stereocenters. The molecule has 32 heavy (non-hydrogen) atoms. The Morgan fingerprint density at radius 1 is 1.06 bits per heavy atom. The predicted molar refractivity (Wildman–Crippen MR) is 140 cm³/mol. The summed E-state index contributed by atoms with van der Waals surface area (Å²) in [5.41, 5.74) is 2.25. The van der Waals surface area contributed by atoms with E-state index in [1.807, 2.05) is 19.2 Å². The van der Waals surface area contributed by atoms with Crippen LogP contribution in [0.3, 0.4) is 0 Å². The van der Waals surface area contributed by atoms with Crippen molar-refractivity contribution in [1.82, 2.24) is 20.1 Å². The van der Waals surface area contributed by atoms with Crippen molar-refractivity contribution < 1.29 is 14.2 Å². The molecule has 10 heteroatoms. The van der Waals surface area contributed by atoms with E-state index in [9.17, 15) is 0 Å². The number of thiazole rings is 1. The normalized spacial score (nSPS) is 14.7. The van der Waals surface area contributed by atoms with Crippen LogP contribution in [-0.4, -0.2) is 75.3 Å². The molecule has 1 aromatic carbocycles. The number of ether oxygens (including phenoxy) is 3. The summed E-state index contributed by atoms with van der Waals surface area (Å²) in [6.45, 7) is 9.43. The lowest BCUT2D eigenvalue weighted by molar-refractivity contribution is 0.172.